The molecule has 1 aliphatic rings. The molecule has 0 N–H and O–H groups in total. The summed E-state index contributed by atoms with van der Waals surface area (Å²) in [7, 11) is -3.30. The molecule has 0 aromatic heterocycles. The van der Waals surface area contributed by atoms with Crippen molar-refractivity contribution in [1.82, 2.24) is 4.90 Å². The van der Waals surface area contributed by atoms with Crippen molar-refractivity contribution in [2.24, 2.45) is 0 Å². The molecule has 1 aliphatic heterocycles. The van der Waals surface area contributed by atoms with Crippen LogP contribution >= 0.6 is 0 Å². The minimum atomic E-state index is -3.30. The van der Waals surface area contributed by atoms with Gasteiger partial charge in [-0.1, -0.05) is 36.4 Å². The quantitative estimate of drug-likeness (QED) is 0.848. The fourth-order valence-corrected chi connectivity index (χ4v) is 4.49. The number of halogens is 1. The van der Waals surface area contributed by atoms with Gasteiger partial charge in [-0.2, -0.15) is 0 Å². The van der Waals surface area contributed by atoms with Gasteiger partial charge >= 0.3 is 0 Å². The number of nitrogens with zero attached hydrogens (tertiary/aromatic N) is 1. The first kappa shape index (κ1) is 15.7. The molecule has 0 saturated carbocycles. The Kier molecular flexibility index (Phi) is 4.17. The molecule has 0 aliphatic carbocycles. The molecule has 1 saturated heterocycles. The summed E-state index contributed by atoms with van der Waals surface area (Å²) in [5, 5.41) is -0.741. The predicted molar refractivity (Wildman–Crippen MR) is 85.3 cm³/mol. The topological polar surface area (TPSA) is 54.5 Å². The van der Waals surface area contributed by atoms with Crippen LogP contribution in [0.15, 0.2) is 54.6 Å². The zero-order valence-electron chi connectivity index (χ0n) is 12.4. The summed E-state index contributed by atoms with van der Waals surface area (Å²) in [4.78, 5) is 14.0. The molecule has 1 unspecified atom stereocenters. The normalized spacial score (nSPS) is 20.2. The largest absolute Gasteiger partial charge is 0.336 e. The smallest absolute Gasteiger partial charge is 0.254 e. The second kappa shape index (κ2) is 6.12. The number of amides is 1. The zero-order chi connectivity index (χ0) is 16.4. The second-order valence-corrected chi connectivity index (χ2v) is 7.83. The number of rotatable bonds is 2. The lowest BCUT2D eigenvalue weighted by molar-refractivity contribution is 0.0758. The van der Waals surface area contributed by atoms with E-state index in [-0.39, 0.29) is 30.3 Å². The van der Waals surface area contributed by atoms with Gasteiger partial charge in [-0.15, -0.1) is 0 Å². The van der Waals surface area contributed by atoms with Gasteiger partial charge in [-0.05, 0) is 23.8 Å². The molecular weight excluding hydrogens is 317 g/mol. The third-order valence-corrected chi connectivity index (χ3v) is 6.04. The van der Waals surface area contributed by atoms with Gasteiger partial charge in [0.25, 0.3) is 5.91 Å². The molecule has 1 atom stereocenters. The highest BCUT2D eigenvalue weighted by molar-refractivity contribution is 7.91. The zero-order valence-corrected chi connectivity index (χ0v) is 13.2. The first-order valence-electron chi connectivity index (χ1n) is 7.29. The molecule has 120 valence electrons. The van der Waals surface area contributed by atoms with Crippen LogP contribution in [-0.4, -0.2) is 38.1 Å². The van der Waals surface area contributed by atoms with E-state index in [0.29, 0.717) is 5.56 Å². The van der Waals surface area contributed by atoms with E-state index in [4.69, 9.17) is 0 Å². The number of carbonyl (C=O) groups is 1. The maximum absolute atomic E-state index is 13.3. The van der Waals surface area contributed by atoms with Crippen LogP contribution in [0, 0.1) is 5.82 Å². The molecule has 1 amide bonds. The number of carbonyl (C=O) groups excluding carboxylic acids is 1. The van der Waals surface area contributed by atoms with Crippen LogP contribution in [0.3, 0.4) is 0 Å². The van der Waals surface area contributed by atoms with E-state index in [1.807, 2.05) is 6.07 Å². The van der Waals surface area contributed by atoms with Gasteiger partial charge in [0.2, 0.25) is 0 Å². The summed E-state index contributed by atoms with van der Waals surface area (Å²) in [5.41, 5.74) is 0.903. The standard InChI is InChI=1S/C17H16FNO3S/c18-15-8-4-7-14(11-15)17(20)19-9-10-23(21,22)16(12-19)13-5-2-1-3-6-13/h1-8,11,16H,9-10,12H2. The van der Waals surface area contributed by atoms with Crippen LogP contribution in [0.2, 0.25) is 0 Å². The van der Waals surface area contributed by atoms with E-state index in [1.165, 1.54) is 29.2 Å². The maximum Gasteiger partial charge on any atom is 0.254 e. The second-order valence-electron chi connectivity index (χ2n) is 5.53. The monoisotopic (exact) mass is 333 g/mol. The van der Waals surface area contributed by atoms with Gasteiger partial charge in [0.1, 0.15) is 11.1 Å². The van der Waals surface area contributed by atoms with Crippen LogP contribution in [0.1, 0.15) is 21.2 Å². The van der Waals surface area contributed by atoms with E-state index >= 15 is 0 Å². The summed E-state index contributed by atoms with van der Waals surface area (Å²) in [6, 6.07) is 14.3. The lowest BCUT2D eigenvalue weighted by Gasteiger charge is -2.33. The third-order valence-electron chi connectivity index (χ3n) is 4.00. The van der Waals surface area contributed by atoms with Crippen molar-refractivity contribution < 1.29 is 17.6 Å². The van der Waals surface area contributed by atoms with Crippen molar-refractivity contribution in [1.29, 1.82) is 0 Å². The SMILES string of the molecule is O=C(c1cccc(F)c1)N1CCS(=O)(=O)C(c2ccccc2)C1. The summed E-state index contributed by atoms with van der Waals surface area (Å²) in [6.07, 6.45) is 0. The summed E-state index contributed by atoms with van der Waals surface area (Å²) in [5.74, 6) is -0.923. The highest BCUT2D eigenvalue weighted by Gasteiger charge is 2.36. The highest BCUT2D eigenvalue weighted by atomic mass is 32.2. The van der Waals surface area contributed by atoms with Crippen molar-refractivity contribution in [3.8, 4) is 0 Å². The van der Waals surface area contributed by atoms with Gasteiger partial charge in [-0.25, -0.2) is 12.8 Å². The van der Waals surface area contributed by atoms with E-state index in [9.17, 15) is 17.6 Å². The van der Waals surface area contributed by atoms with E-state index in [0.717, 1.165) is 0 Å². The van der Waals surface area contributed by atoms with Gasteiger partial charge in [0.05, 0.1) is 5.75 Å². The van der Waals surface area contributed by atoms with Crippen LogP contribution in [0.25, 0.3) is 0 Å². The van der Waals surface area contributed by atoms with Gasteiger partial charge in [0.15, 0.2) is 9.84 Å². The molecule has 1 fully saturated rings. The molecular formula is C17H16FNO3S. The molecule has 2 aromatic carbocycles. The fourth-order valence-electron chi connectivity index (χ4n) is 2.75. The Morgan fingerprint density at radius 2 is 1.83 bits per heavy atom. The van der Waals surface area contributed by atoms with Crippen LogP contribution in [0.4, 0.5) is 4.39 Å². The lowest BCUT2D eigenvalue weighted by atomic mass is 10.1. The van der Waals surface area contributed by atoms with Crippen molar-refractivity contribution >= 4 is 15.7 Å². The number of hydrogen-bond acceptors (Lipinski definition) is 3. The Hall–Kier alpha value is -2.21. The summed E-state index contributed by atoms with van der Waals surface area (Å²) in [6.45, 7) is 0.211. The molecule has 1 heterocycles. The van der Waals surface area contributed by atoms with Crippen molar-refractivity contribution in [3.05, 3.63) is 71.5 Å². The van der Waals surface area contributed by atoms with Crippen LogP contribution in [0.5, 0.6) is 0 Å². The van der Waals surface area contributed by atoms with E-state index in [1.54, 1.807) is 24.3 Å². The summed E-state index contributed by atoms with van der Waals surface area (Å²) >= 11 is 0. The molecule has 0 radical (unpaired) electrons. The predicted octanol–water partition coefficient (Wildman–Crippen LogP) is 2.44. The first-order chi connectivity index (χ1) is 11.0. The average Bonchev–Trinajstić information content (AvgIpc) is 2.55. The first-order valence-corrected chi connectivity index (χ1v) is 9.00. The summed E-state index contributed by atoms with van der Waals surface area (Å²) < 4.78 is 38.0. The Morgan fingerprint density at radius 1 is 1.09 bits per heavy atom. The Morgan fingerprint density at radius 3 is 2.52 bits per heavy atom. The van der Waals surface area contributed by atoms with Gasteiger partial charge in [0, 0.05) is 18.7 Å². The number of benzene rings is 2. The van der Waals surface area contributed by atoms with Crippen LogP contribution in [-0.2, 0) is 9.84 Å². The molecule has 0 bridgehead atoms. The molecule has 3 rings (SSSR count). The Labute approximate surface area is 134 Å². The minimum Gasteiger partial charge on any atom is -0.336 e. The molecule has 6 heteroatoms. The Balaban J connectivity index is 1.87. The van der Waals surface area contributed by atoms with Crippen molar-refractivity contribution in [2.75, 3.05) is 18.8 Å². The highest BCUT2D eigenvalue weighted by Crippen LogP contribution is 2.28. The minimum absolute atomic E-state index is 0.0850. The van der Waals surface area contributed by atoms with Gasteiger partial charge < -0.3 is 4.90 Å². The van der Waals surface area contributed by atoms with Gasteiger partial charge in [-0.3, -0.25) is 4.79 Å². The molecule has 4 nitrogen and oxygen atoms in total. The number of sulfone groups is 1. The molecule has 23 heavy (non-hydrogen) atoms. The molecule has 0 spiro atoms. The van der Waals surface area contributed by atoms with Crippen molar-refractivity contribution in [2.45, 2.75) is 5.25 Å². The van der Waals surface area contributed by atoms with Crippen molar-refractivity contribution in [3.63, 3.8) is 0 Å². The maximum atomic E-state index is 13.3. The lowest BCUT2D eigenvalue weighted by Crippen LogP contribution is -2.45. The average molecular weight is 333 g/mol. The molecule has 2 aromatic rings. The van der Waals surface area contributed by atoms with Crippen LogP contribution < -0.4 is 0 Å². The van der Waals surface area contributed by atoms with E-state index in [2.05, 4.69) is 0 Å². The number of hydrogen-bond donors (Lipinski definition) is 0. The third kappa shape index (κ3) is 3.27. The van der Waals surface area contributed by atoms with E-state index < -0.39 is 20.9 Å². The Bertz CT molecular complexity index is 821. The fraction of sp³-hybridized carbons (Fsp3) is 0.235.